The van der Waals surface area contributed by atoms with E-state index in [1.807, 2.05) is 39.1 Å². The van der Waals surface area contributed by atoms with Gasteiger partial charge in [0.1, 0.15) is 5.75 Å². The van der Waals surface area contributed by atoms with Crippen LogP contribution in [-0.4, -0.2) is 32.1 Å². The Morgan fingerprint density at radius 1 is 1.47 bits per heavy atom. The Morgan fingerprint density at radius 2 is 2.21 bits per heavy atom. The minimum Gasteiger partial charge on any atom is -0.492 e. The van der Waals surface area contributed by atoms with Gasteiger partial charge in [-0.15, -0.1) is 0 Å². The third-order valence-corrected chi connectivity index (χ3v) is 3.39. The SMILES string of the molecule is CNC(C)CNC(=O)CCOc1ccc(C)cc1Br. The number of hydrogen-bond donors (Lipinski definition) is 2. The first-order valence-corrected chi connectivity index (χ1v) is 7.15. The molecule has 5 heteroatoms. The smallest absolute Gasteiger partial charge is 0.223 e. The zero-order chi connectivity index (χ0) is 14.3. The Balaban J connectivity index is 2.28. The van der Waals surface area contributed by atoms with Gasteiger partial charge in [-0.25, -0.2) is 0 Å². The van der Waals surface area contributed by atoms with Crippen LogP contribution < -0.4 is 15.4 Å². The lowest BCUT2D eigenvalue weighted by Crippen LogP contribution is -2.37. The highest BCUT2D eigenvalue weighted by Crippen LogP contribution is 2.25. The number of ether oxygens (including phenoxy) is 1. The van der Waals surface area contributed by atoms with Crippen molar-refractivity contribution in [2.45, 2.75) is 26.3 Å². The summed E-state index contributed by atoms with van der Waals surface area (Å²) in [6.07, 6.45) is 0.358. The highest BCUT2D eigenvalue weighted by molar-refractivity contribution is 9.10. The molecule has 0 radical (unpaired) electrons. The van der Waals surface area contributed by atoms with Crippen LogP contribution in [0.3, 0.4) is 0 Å². The maximum absolute atomic E-state index is 11.6. The third-order valence-electron chi connectivity index (χ3n) is 2.77. The van der Waals surface area contributed by atoms with Crippen molar-refractivity contribution in [3.8, 4) is 5.75 Å². The molecule has 0 aromatic heterocycles. The number of carbonyl (C=O) groups is 1. The summed E-state index contributed by atoms with van der Waals surface area (Å²) in [4.78, 5) is 11.6. The summed E-state index contributed by atoms with van der Waals surface area (Å²) in [5.74, 6) is 0.771. The fourth-order valence-corrected chi connectivity index (χ4v) is 2.04. The topological polar surface area (TPSA) is 50.4 Å². The number of benzene rings is 1. The Morgan fingerprint density at radius 3 is 2.84 bits per heavy atom. The van der Waals surface area contributed by atoms with Gasteiger partial charge in [-0.05, 0) is 54.5 Å². The number of likely N-dealkylation sites (N-methyl/N-ethyl adjacent to an activating group) is 1. The van der Waals surface area contributed by atoms with Crippen LogP contribution in [0.25, 0.3) is 0 Å². The van der Waals surface area contributed by atoms with E-state index in [1.165, 1.54) is 0 Å². The normalized spacial score (nSPS) is 12.0. The molecule has 0 bridgehead atoms. The molecule has 4 nitrogen and oxygen atoms in total. The first kappa shape index (κ1) is 16.0. The molecule has 1 aromatic rings. The van der Waals surface area contributed by atoms with Gasteiger partial charge in [0.25, 0.3) is 0 Å². The third kappa shape index (κ3) is 6.07. The van der Waals surface area contributed by atoms with Crippen molar-refractivity contribution in [2.75, 3.05) is 20.2 Å². The zero-order valence-electron chi connectivity index (χ0n) is 11.6. The molecule has 0 heterocycles. The molecular formula is C14H21BrN2O2. The zero-order valence-corrected chi connectivity index (χ0v) is 13.2. The van der Waals surface area contributed by atoms with E-state index in [0.29, 0.717) is 19.6 Å². The summed E-state index contributed by atoms with van der Waals surface area (Å²) in [6.45, 7) is 5.04. The van der Waals surface area contributed by atoms with E-state index in [2.05, 4.69) is 26.6 Å². The van der Waals surface area contributed by atoms with Crippen LogP contribution in [0.15, 0.2) is 22.7 Å². The Labute approximate surface area is 123 Å². The van der Waals surface area contributed by atoms with E-state index in [9.17, 15) is 4.79 Å². The summed E-state index contributed by atoms with van der Waals surface area (Å²) in [7, 11) is 1.87. The highest BCUT2D eigenvalue weighted by atomic mass is 79.9. The van der Waals surface area contributed by atoms with Crippen LogP contribution in [-0.2, 0) is 4.79 Å². The van der Waals surface area contributed by atoms with Crippen molar-refractivity contribution in [1.82, 2.24) is 10.6 Å². The van der Waals surface area contributed by atoms with Gasteiger partial charge in [0.05, 0.1) is 17.5 Å². The van der Waals surface area contributed by atoms with Crippen LogP contribution in [0.4, 0.5) is 0 Å². The largest absolute Gasteiger partial charge is 0.492 e. The van der Waals surface area contributed by atoms with E-state index in [-0.39, 0.29) is 11.9 Å². The Kier molecular flexibility index (Phi) is 6.87. The number of rotatable bonds is 7. The summed E-state index contributed by atoms with van der Waals surface area (Å²) in [6, 6.07) is 6.15. The lowest BCUT2D eigenvalue weighted by atomic mass is 10.2. The second-order valence-corrected chi connectivity index (χ2v) is 5.38. The molecule has 1 rings (SSSR count). The van der Waals surface area contributed by atoms with Crippen molar-refractivity contribution in [1.29, 1.82) is 0 Å². The number of aryl methyl sites for hydroxylation is 1. The molecular weight excluding hydrogens is 308 g/mol. The summed E-state index contributed by atoms with van der Waals surface area (Å²) in [5.41, 5.74) is 1.16. The Hall–Kier alpha value is -1.07. The van der Waals surface area contributed by atoms with Crippen molar-refractivity contribution in [3.63, 3.8) is 0 Å². The molecule has 0 spiro atoms. The fraction of sp³-hybridized carbons (Fsp3) is 0.500. The highest BCUT2D eigenvalue weighted by Gasteiger charge is 2.05. The predicted molar refractivity (Wildman–Crippen MR) is 80.5 cm³/mol. The molecule has 0 fully saturated rings. The number of carbonyl (C=O) groups excluding carboxylic acids is 1. The average Bonchev–Trinajstić information content (AvgIpc) is 2.38. The molecule has 0 aliphatic rings. The molecule has 0 aliphatic heterocycles. The van der Waals surface area contributed by atoms with E-state index in [1.54, 1.807) is 0 Å². The first-order valence-electron chi connectivity index (χ1n) is 6.36. The number of nitrogens with one attached hydrogen (secondary N) is 2. The molecule has 0 saturated heterocycles. The first-order chi connectivity index (χ1) is 9.02. The van der Waals surface area contributed by atoms with Gasteiger partial charge >= 0.3 is 0 Å². The van der Waals surface area contributed by atoms with E-state index in [0.717, 1.165) is 15.8 Å². The van der Waals surface area contributed by atoms with Crippen molar-refractivity contribution >= 4 is 21.8 Å². The number of hydrogen-bond acceptors (Lipinski definition) is 3. The number of halogens is 1. The van der Waals surface area contributed by atoms with Gasteiger partial charge in [-0.2, -0.15) is 0 Å². The maximum atomic E-state index is 11.6. The van der Waals surface area contributed by atoms with E-state index >= 15 is 0 Å². The lowest BCUT2D eigenvalue weighted by molar-refractivity contribution is -0.121. The number of amides is 1. The quantitative estimate of drug-likeness (QED) is 0.807. The van der Waals surface area contributed by atoms with E-state index < -0.39 is 0 Å². The molecule has 1 atom stereocenters. The predicted octanol–water partition coefficient (Wildman–Crippen LogP) is 2.25. The van der Waals surface area contributed by atoms with E-state index in [4.69, 9.17) is 4.74 Å². The standard InChI is InChI=1S/C14H21BrN2O2/c1-10-4-5-13(12(15)8-10)19-7-6-14(18)17-9-11(2)16-3/h4-5,8,11,16H,6-7,9H2,1-3H3,(H,17,18). The molecule has 0 aliphatic carbocycles. The molecule has 0 saturated carbocycles. The van der Waals surface area contributed by atoms with Crippen LogP contribution in [0.2, 0.25) is 0 Å². The summed E-state index contributed by atoms with van der Waals surface area (Å²) < 4.78 is 6.49. The van der Waals surface area contributed by atoms with Gasteiger partial charge in [-0.1, -0.05) is 6.07 Å². The van der Waals surface area contributed by atoms with Crippen molar-refractivity contribution in [3.05, 3.63) is 28.2 Å². The van der Waals surface area contributed by atoms with Gasteiger partial charge in [0.2, 0.25) is 5.91 Å². The van der Waals surface area contributed by atoms with Gasteiger partial charge in [0, 0.05) is 12.6 Å². The molecule has 1 unspecified atom stereocenters. The average molecular weight is 329 g/mol. The fourth-order valence-electron chi connectivity index (χ4n) is 1.43. The molecule has 106 valence electrons. The van der Waals surface area contributed by atoms with Crippen LogP contribution >= 0.6 is 15.9 Å². The molecule has 1 amide bonds. The molecule has 19 heavy (non-hydrogen) atoms. The minimum absolute atomic E-state index is 0.00494. The summed E-state index contributed by atoms with van der Waals surface area (Å²) >= 11 is 3.44. The van der Waals surface area contributed by atoms with Crippen LogP contribution in [0.5, 0.6) is 5.75 Å². The van der Waals surface area contributed by atoms with Gasteiger partial charge in [-0.3, -0.25) is 4.79 Å². The van der Waals surface area contributed by atoms with Gasteiger partial charge in [0.15, 0.2) is 0 Å². The van der Waals surface area contributed by atoms with Gasteiger partial charge < -0.3 is 15.4 Å². The summed E-state index contributed by atoms with van der Waals surface area (Å²) in [5, 5.41) is 5.91. The van der Waals surface area contributed by atoms with Crippen LogP contribution in [0, 0.1) is 6.92 Å². The Bertz CT molecular complexity index is 424. The maximum Gasteiger partial charge on any atom is 0.223 e. The molecule has 1 aromatic carbocycles. The minimum atomic E-state index is 0.00494. The second-order valence-electron chi connectivity index (χ2n) is 4.53. The molecule has 2 N–H and O–H groups in total. The lowest BCUT2D eigenvalue weighted by Gasteiger charge is -2.12. The van der Waals surface area contributed by atoms with Crippen molar-refractivity contribution in [2.24, 2.45) is 0 Å². The van der Waals surface area contributed by atoms with Crippen molar-refractivity contribution < 1.29 is 9.53 Å². The van der Waals surface area contributed by atoms with Crippen LogP contribution in [0.1, 0.15) is 18.9 Å². The second kappa shape index (κ2) is 8.17. The monoisotopic (exact) mass is 328 g/mol.